The first-order valence-corrected chi connectivity index (χ1v) is 7.84. The Morgan fingerprint density at radius 2 is 2.24 bits per heavy atom. The third-order valence-corrected chi connectivity index (χ3v) is 4.76. The van der Waals surface area contributed by atoms with E-state index in [0.29, 0.717) is 0 Å². The monoisotopic (exact) mass is 284 g/mol. The number of aromatic nitrogens is 1. The number of halogens is 1. The molecule has 1 fully saturated rings. The van der Waals surface area contributed by atoms with E-state index in [1.54, 1.807) is 22.7 Å². The van der Waals surface area contributed by atoms with E-state index >= 15 is 0 Å². The van der Waals surface area contributed by atoms with Crippen LogP contribution in [0.2, 0.25) is 4.34 Å². The minimum absolute atomic E-state index is 0.821. The van der Waals surface area contributed by atoms with E-state index in [4.69, 9.17) is 11.6 Å². The molecule has 0 aliphatic heterocycles. The topological polar surface area (TPSA) is 24.9 Å². The van der Waals surface area contributed by atoms with Crippen molar-refractivity contribution in [2.45, 2.75) is 19.4 Å². The molecule has 0 atom stereocenters. The maximum absolute atomic E-state index is 5.92. The number of hydrogen-bond acceptors (Lipinski definition) is 4. The van der Waals surface area contributed by atoms with Gasteiger partial charge in [-0.05, 0) is 31.4 Å². The third kappa shape index (κ3) is 3.07. The number of nitrogens with zero attached hydrogens (tertiary/aromatic N) is 1. The van der Waals surface area contributed by atoms with Crippen LogP contribution in [-0.2, 0) is 6.54 Å². The lowest BCUT2D eigenvalue weighted by Gasteiger charge is -1.98. The Kier molecular flexibility index (Phi) is 3.47. The van der Waals surface area contributed by atoms with Crippen LogP contribution >= 0.6 is 34.3 Å². The Balaban J connectivity index is 1.61. The molecule has 3 rings (SSSR count). The predicted molar refractivity (Wildman–Crippen MR) is 74.9 cm³/mol. The highest BCUT2D eigenvalue weighted by molar-refractivity contribution is 7.14. The smallest absolute Gasteiger partial charge is 0.107 e. The van der Waals surface area contributed by atoms with Crippen LogP contribution < -0.4 is 5.32 Å². The van der Waals surface area contributed by atoms with Crippen molar-refractivity contribution >= 4 is 34.3 Å². The summed E-state index contributed by atoms with van der Waals surface area (Å²) >= 11 is 9.19. The van der Waals surface area contributed by atoms with Gasteiger partial charge < -0.3 is 5.32 Å². The van der Waals surface area contributed by atoms with E-state index in [2.05, 4.69) is 21.1 Å². The second-order valence-corrected chi connectivity index (χ2v) is 6.83. The van der Waals surface area contributed by atoms with Crippen molar-refractivity contribution in [2.75, 3.05) is 6.54 Å². The summed E-state index contributed by atoms with van der Waals surface area (Å²) in [5, 5.41) is 8.77. The molecule has 5 heteroatoms. The van der Waals surface area contributed by atoms with E-state index in [1.807, 2.05) is 6.07 Å². The average Bonchev–Trinajstić information content (AvgIpc) is 2.85. The SMILES string of the molecule is Clc1cc(-c2csc(CNCC3CC3)n2)cs1. The summed E-state index contributed by atoms with van der Waals surface area (Å²) < 4.78 is 0.821. The van der Waals surface area contributed by atoms with Gasteiger partial charge in [0.2, 0.25) is 0 Å². The summed E-state index contributed by atoms with van der Waals surface area (Å²) in [5.74, 6) is 0.921. The van der Waals surface area contributed by atoms with Gasteiger partial charge >= 0.3 is 0 Å². The Morgan fingerprint density at radius 1 is 1.35 bits per heavy atom. The maximum Gasteiger partial charge on any atom is 0.107 e. The van der Waals surface area contributed by atoms with Gasteiger partial charge in [0.1, 0.15) is 5.01 Å². The van der Waals surface area contributed by atoms with Gasteiger partial charge in [-0.3, -0.25) is 0 Å². The van der Waals surface area contributed by atoms with Gasteiger partial charge in [-0.2, -0.15) is 0 Å². The summed E-state index contributed by atoms with van der Waals surface area (Å²) in [7, 11) is 0. The number of hydrogen-bond donors (Lipinski definition) is 1. The Morgan fingerprint density at radius 3 is 2.94 bits per heavy atom. The summed E-state index contributed by atoms with van der Waals surface area (Å²) in [6.07, 6.45) is 2.78. The fourth-order valence-corrected chi connectivity index (χ4v) is 3.32. The summed E-state index contributed by atoms with van der Waals surface area (Å²) in [6, 6.07) is 1.97. The molecule has 2 heterocycles. The fourth-order valence-electron chi connectivity index (χ4n) is 1.67. The summed E-state index contributed by atoms with van der Waals surface area (Å²) in [6.45, 7) is 2.03. The quantitative estimate of drug-likeness (QED) is 0.897. The van der Waals surface area contributed by atoms with Gasteiger partial charge in [-0.25, -0.2) is 4.98 Å². The highest BCUT2D eigenvalue weighted by atomic mass is 35.5. The van der Waals surface area contributed by atoms with Crippen molar-refractivity contribution in [3.8, 4) is 11.3 Å². The molecular formula is C12H13ClN2S2. The summed E-state index contributed by atoms with van der Waals surface area (Å²) in [5.41, 5.74) is 2.17. The van der Waals surface area contributed by atoms with Crippen LogP contribution in [0.5, 0.6) is 0 Å². The summed E-state index contributed by atoms with van der Waals surface area (Å²) in [4.78, 5) is 4.62. The molecule has 1 saturated carbocycles. The minimum atomic E-state index is 0.821. The van der Waals surface area contributed by atoms with Gasteiger partial charge in [0.05, 0.1) is 10.0 Å². The lowest BCUT2D eigenvalue weighted by Crippen LogP contribution is -2.15. The molecule has 0 radical (unpaired) electrons. The third-order valence-electron chi connectivity index (χ3n) is 2.82. The van der Waals surface area contributed by atoms with Gasteiger partial charge in [-0.1, -0.05) is 11.6 Å². The first kappa shape index (κ1) is 11.7. The molecule has 17 heavy (non-hydrogen) atoms. The molecule has 0 amide bonds. The van der Waals surface area contributed by atoms with Crippen molar-refractivity contribution in [3.63, 3.8) is 0 Å². The molecule has 90 valence electrons. The first-order chi connectivity index (χ1) is 8.31. The van der Waals surface area contributed by atoms with Gasteiger partial charge in [0, 0.05) is 22.9 Å². The van der Waals surface area contributed by atoms with E-state index in [9.17, 15) is 0 Å². The number of thiazole rings is 1. The van der Waals surface area contributed by atoms with E-state index in [-0.39, 0.29) is 0 Å². The van der Waals surface area contributed by atoms with E-state index < -0.39 is 0 Å². The van der Waals surface area contributed by atoms with E-state index in [0.717, 1.165) is 39.6 Å². The molecule has 0 aromatic carbocycles. The molecule has 0 spiro atoms. The second-order valence-electron chi connectivity index (χ2n) is 4.34. The van der Waals surface area contributed by atoms with E-state index in [1.165, 1.54) is 12.8 Å². The fraction of sp³-hybridized carbons (Fsp3) is 0.417. The first-order valence-electron chi connectivity index (χ1n) is 5.71. The average molecular weight is 285 g/mol. The standard InChI is InChI=1S/C12H13ClN2S2/c13-11-3-9(6-16-11)10-7-17-12(15-10)5-14-4-8-1-2-8/h3,6-8,14H,1-2,4-5H2. The number of rotatable bonds is 5. The van der Waals surface area contributed by atoms with Crippen LogP contribution in [0, 0.1) is 5.92 Å². The highest BCUT2D eigenvalue weighted by Gasteiger charge is 2.20. The highest BCUT2D eigenvalue weighted by Crippen LogP contribution is 2.30. The molecule has 0 unspecified atom stereocenters. The molecular weight excluding hydrogens is 272 g/mol. The van der Waals surface area contributed by atoms with Crippen LogP contribution in [0.4, 0.5) is 0 Å². The molecule has 2 aromatic rings. The number of nitrogens with one attached hydrogen (secondary N) is 1. The zero-order chi connectivity index (χ0) is 11.7. The second kappa shape index (κ2) is 5.06. The van der Waals surface area contributed by atoms with Crippen molar-refractivity contribution in [1.29, 1.82) is 0 Å². The molecule has 1 aliphatic rings. The van der Waals surface area contributed by atoms with Crippen molar-refractivity contribution in [2.24, 2.45) is 5.92 Å². The predicted octanol–water partition coefficient (Wildman–Crippen LogP) is 4.02. The van der Waals surface area contributed by atoms with Crippen molar-refractivity contribution < 1.29 is 0 Å². The molecule has 1 aliphatic carbocycles. The Labute approximate surface area is 114 Å². The zero-order valence-corrected chi connectivity index (χ0v) is 11.7. The van der Waals surface area contributed by atoms with Gasteiger partial charge in [0.15, 0.2) is 0 Å². The Hall–Kier alpha value is -0.420. The van der Waals surface area contributed by atoms with Crippen LogP contribution in [-0.4, -0.2) is 11.5 Å². The molecule has 0 saturated heterocycles. The van der Waals surface area contributed by atoms with Crippen LogP contribution in [0.15, 0.2) is 16.8 Å². The van der Waals surface area contributed by atoms with Crippen LogP contribution in [0.1, 0.15) is 17.8 Å². The maximum atomic E-state index is 5.92. The number of thiophene rings is 1. The van der Waals surface area contributed by atoms with Crippen molar-refractivity contribution in [1.82, 2.24) is 10.3 Å². The molecule has 1 N–H and O–H groups in total. The normalized spacial score (nSPS) is 15.4. The largest absolute Gasteiger partial charge is 0.310 e. The lowest BCUT2D eigenvalue weighted by molar-refractivity contribution is 0.637. The van der Waals surface area contributed by atoms with Crippen LogP contribution in [0.3, 0.4) is 0 Å². The van der Waals surface area contributed by atoms with Gasteiger partial charge in [-0.15, -0.1) is 22.7 Å². The van der Waals surface area contributed by atoms with Crippen LogP contribution in [0.25, 0.3) is 11.3 Å². The minimum Gasteiger partial charge on any atom is -0.310 e. The van der Waals surface area contributed by atoms with Crippen molar-refractivity contribution in [3.05, 3.63) is 26.2 Å². The lowest BCUT2D eigenvalue weighted by atomic mass is 10.3. The molecule has 2 nitrogen and oxygen atoms in total. The Bertz CT molecular complexity index is 502. The molecule has 2 aromatic heterocycles. The zero-order valence-electron chi connectivity index (χ0n) is 9.28. The van der Waals surface area contributed by atoms with Gasteiger partial charge in [0.25, 0.3) is 0 Å². The molecule has 0 bridgehead atoms.